The fourth-order valence-electron chi connectivity index (χ4n) is 1.18. The molecule has 0 aromatic carbocycles. The Bertz CT molecular complexity index is 518. The van der Waals surface area contributed by atoms with Gasteiger partial charge in [-0.05, 0) is 19.1 Å². The van der Waals surface area contributed by atoms with Gasteiger partial charge in [0.1, 0.15) is 0 Å². The molecule has 0 amide bonds. The van der Waals surface area contributed by atoms with Crippen LogP contribution in [-0.4, -0.2) is 16.1 Å². The van der Waals surface area contributed by atoms with Gasteiger partial charge < -0.3 is 5.11 Å². The summed E-state index contributed by atoms with van der Waals surface area (Å²) in [5.41, 5.74) is 0.107. The summed E-state index contributed by atoms with van der Waals surface area (Å²) in [4.78, 5) is 16.4. The maximum atomic E-state index is 10.9. The second-order valence-electron chi connectivity index (χ2n) is 2.82. The second-order valence-corrected chi connectivity index (χ2v) is 5.74. The molecule has 0 saturated heterocycles. The number of carboxylic acids is 1. The number of thiazole rings is 1. The monoisotopic (exact) mass is 259 g/mol. The number of aromatic carboxylic acids is 1. The van der Waals surface area contributed by atoms with E-state index in [1.165, 1.54) is 22.7 Å². The van der Waals surface area contributed by atoms with E-state index in [0.717, 1.165) is 9.88 Å². The van der Waals surface area contributed by atoms with Gasteiger partial charge in [-0.1, -0.05) is 11.6 Å². The number of thiophene rings is 1. The summed E-state index contributed by atoms with van der Waals surface area (Å²) in [6, 6.07) is 3.56. The lowest BCUT2D eigenvalue weighted by Crippen LogP contribution is -1.98. The normalized spacial score (nSPS) is 10.5. The summed E-state index contributed by atoms with van der Waals surface area (Å²) in [6.45, 7) is 1.79. The molecule has 0 unspecified atom stereocenters. The molecular weight excluding hydrogens is 254 g/mol. The molecule has 2 heterocycles. The summed E-state index contributed by atoms with van der Waals surface area (Å²) >= 11 is 8.53. The van der Waals surface area contributed by atoms with Crippen molar-refractivity contribution in [3.05, 3.63) is 27.2 Å². The molecule has 0 bridgehead atoms. The first kappa shape index (κ1) is 10.6. The van der Waals surface area contributed by atoms with Crippen molar-refractivity contribution >= 4 is 40.2 Å². The van der Waals surface area contributed by atoms with Gasteiger partial charge in [0.25, 0.3) is 0 Å². The summed E-state index contributed by atoms with van der Waals surface area (Å²) in [5.74, 6) is -1.00. The van der Waals surface area contributed by atoms with Crippen molar-refractivity contribution in [2.45, 2.75) is 6.92 Å². The standard InChI is InChI=1S/C9H6ClNO2S2/c1-4-11-7(9(12)13)8(14-4)5-2-3-6(10)15-5/h2-3H,1H3,(H,12,13). The van der Waals surface area contributed by atoms with Gasteiger partial charge in [-0.15, -0.1) is 22.7 Å². The Kier molecular flexibility index (Phi) is 2.77. The molecule has 78 valence electrons. The van der Waals surface area contributed by atoms with Crippen LogP contribution >= 0.6 is 34.3 Å². The first-order chi connectivity index (χ1) is 7.08. The van der Waals surface area contributed by atoms with Gasteiger partial charge in [0, 0.05) is 4.88 Å². The van der Waals surface area contributed by atoms with Crippen molar-refractivity contribution in [3.8, 4) is 9.75 Å². The van der Waals surface area contributed by atoms with Crippen molar-refractivity contribution in [2.75, 3.05) is 0 Å². The van der Waals surface area contributed by atoms with Crippen LogP contribution in [0.25, 0.3) is 9.75 Å². The first-order valence-corrected chi connectivity index (χ1v) is 6.05. The minimum atomic E-state index is -1.00. The molecule has 15 heavy (non-hydrogen) atoms. The molecule has 2 rings (SSSR count). The molecule has 0 aliphatic rings. The Morgan fingerprint density at radius 2 is 2.20 bits per heavy atom. The van der Waals surface area contributed by atoms with E-state index >= 15 is 0 Å². The van der Waals surface area contributed by atoms with E-state index in [4.69, 9.17) is 16.7 Å². The van der Waals surface area contributed by atoms with Crippen molar-refractivity contribution in [1.29, 1.82) is 0 Å². The Morgan fingerprint density at radius 3 is 2.73 bits per heavy atom. The number of carbonyl (C=O) groups is 1. The van der Waals surface area contributed by atoms with E-state index in [1.807, 2.05) is 6.07 Å². The molecule has 2 aromatic rings. The smallest absolute Gasteiger partial charge is 0.356 e. The van der Waals surface area contributed by atoms with E-state index in [0.29, 0.717) is 9.21 Å². The van der Waals surface area contributed by atoms with Crippen molar-refractivity contribution in [1.82, 2.24) is 4.98 Å². The molecule has 1 N–H and O–H groups in total. The number of rotatable bonds is 2. The van der Waals surface area contributed by atoms with E-state index in [1.54, 1.807) is 13.0 Å². The van der Waals surface area contributed by atoms with E-state index in [2.05, 4.69) is 4.98 Å². The third-order valence-corrected chi connectivity index (χ3v) is 4.12. The SMILES string of the molecule is Cc1nc(C(=O)O)c(-c2ccc(Cl)s2)s1. The van der Waals surface area contributed by atoms with Crippen LogP contribution in [0.3, 0.4) is 0 Å². The van der Waals surface area contributed by atoms with Crippen LogP contribution < -0.4 is 0 Å². The fraction of sp³-hybridized carbons (Fsp3) is 0.111. The van der Waals surface area contributed by atoms with Gasteiger partial charge in [0.15, 0.2) is 5.69 Å². The van der Waals surface area contributed by atoms with Crippen LogP contribution in [0.1, 0.15) is 15.5 Å². The van der Waals surface area contributed by atoms with Gasteiger partial charge in [0.05, 0.1) is 14.2 Å². The zero-order chi connectivity index (χ0) is 11.0. The van der Waals surface area contributed by atoms with E-state index in [-0.39, 0.29) is 5.69 Å². The van der Waals surface area contributed by atoms with Gasteiger partial charge in [-0.3, -0.25) is 0 Å². The number of hydrogen-bond donors (Lipinski definition) is 1. The largest absolute Gasteiger partial charge is 0.476 e. The summed E-state index contributed by atoms with van der Waals surface area (Å²) in [5, 5.41) is 9.71. The van der Waals surface area contributed by atoms with E-state index in [9.17, 15) is 4.79 Å². The highest BCUT2D eigenvalue weighted by molar-refractivity contribution is 7.24. The molecule has 2 aromatic heterocycles. The van der Waals surface area contributed by atoms with Gasteiger partial charge in [0.2, 0.25) is 0 Å². The van der Waals surface area contributed by atoms with Crippen molar-refractivity contribution in [3.63, 3.8) is 0 Å². The highest BCUT2D eigenvalue weighted by Gasteiger charge is 2.18. The van der Waals surface area contributed by atoms with Crippen molar-refractivity contribution in [2.24, 2.45) is 0 Å². The zero-order valence-electron chi connectivity index (χ0n) is 7.65. The third kappa shape index (κ3) is 2.04. The topological polar surface area (TPSA) is 50.2 Å². The number of halogens is 1. The number of carboxylic acid groups (broad SMARTS) is 1. The van der Waals surface area contributed by atoms with Crippen LogP contribution in [0.2, 0.25) is 4.34 Å². The third-order valence-electron chi connectivity index (χ3n) is 1.73. The zero-order valence-corrected chi connectivity index (χ0v) is 10.0. The molecule has 0 radical (unpaired) electrons. The number of hydrogen-bond acceptors (Lipinski definition) is 4. The lowest BCUT2D eigenvalue weighted by atomic mass is 10.3. The molecule has 0 aliphatic heterocycles. The summed E-state index contributed by atoms with van der Waals surface area (Å²) in [6.07, 6.45) is 0. The van der Waals surface area contributed by atoms with Crippen LogP contribution in [0, 0.1) is 6.92 Å². The van der Waals surface area contributed by atoms with Gasteiger partial charge in [-0.25, -0.2) is 9.78 Å². The minimum Gasteiger partial charge on any atom is -0.476 e. The number of nitrogens with zero attached hydrogens (tertiary/aromatic N) is 1. The number of aryl methyl sites for hydroxylation is 1. The number of aromatic nitrogens is 1. The Labute approximate surface area is 99.0 Å². The molecular formula is C9H6ClNO2S2. The maximum absolute atomic E-state index is 10.9. The minimum absolute atomic E-state index is 0.107. The van der Waals surface area contributed by atoms with Crippen LogP contribution in [0.5, 0.6) is 0 Å². The average molecular weight is 260 g/mol. The highest BCUT2D eigenvalue weighted by Crippen LogP contribution is 2.36. The molecule has 0 spiro atoms. The molecule has 3 nitrogen and oxygen atoms in total. The molecule has 6 heteroatoms. The van der Waals surface area contributed by atoms with Crippen molar-refractivity contribution < 1.29 is 9.90 Å². The summed E-state index contributed by atoms with van der Waals surface area (Å²) in [7, 11) is 0. The van der Waals surface area contributed by atoms with Crippen LogP contribution in [0.4, 0.5) is 0 Å². The van der Waals surface area contributed by atoms with Crippen LogP contribution in [-0.2, 0) is 0 Å². The predicted molar refractivity (Wildman–Crippen MR) is 62.1 cm³/mol. The fourth-order valence-corrected chi connectivity index (χ4v) is 3.24. The Morgan fingerprint density at radius 1 is 1.47 bits per heavy atom. The lowest BCUT2D eigenvalue weighted by molar-refractivity contribution is 0.0692. The van der Waals surface area contributed by atoms with Gasteiger partial charge >= 0.3 is 5.97 Å². The molecule has 0 saturated carbocycles. The maximum Gasteiger partial charge on any atom is 0.356 e. The van der Waals surface area contributed by atoms with E-state index < -0.39 is 5.97 Å². The lowest BCUT2D eigenvalue weighted by Gasteiger charge is -1.92. The summed E-state index contributed by atoms with van der Waals surface area (Å²) < 4.78 is 0.646. The first-order valence-electron chi connectivity index (χ1n) is 4.04. The van der Waals surface area contributed by atoms with Gasteiger partial charge in [-0.2, -0.15) is 0 Å². The van der Waals surface area contributed by atoms with Crippen LogP contribution in [0.15, 0.2) is 12.1 Å². The highest BCUT2D eigenvalue weighted by atomic mass is 35.5. The molecule has 0 fully saturated rings. The Balaban J connectivity index is 2.56. The second kappa shape index (κ2) is 3.92. The quantitative estimate of drug-likeness (QED) is 0.898. The average Bonchev–Trinajstić information content (AvgIpc) is 2.71. The molecule has 0 atom stereocenters. The Hall–Kier alpha value is -0.910. The molecule has 0 aliphatic carbocycles. The predicted octanol–water partition coefficient (Wildman–Crippen LogP) is 3.53.